The van der Waals surface area contributed by atoms with Crippen LogP contribution in [0.1, 0.15) is 52.5 Å². The minimum atomic E-state index is -0.804. The average Bonchev–Trinajstić information content (AvgIpc) is 3.45. The van der Waals surface area contributed by atoms with Gasteiger partial charge in [0.25, 0.3) is 5.91 Å². The molecule has 0 bridgehead atoms. The lowest BCUT2D eigenvalue weighted by Gasteiger charge is -2.38. The number of rotatable bonds is 3. The normalized spacial score (nSPS) is 20.7. The Balaban J connectivity index is 1.26. The lowest BCUT2D eigenvalue weighted by Crippen LogP contribution is -2.45. The topological polar surface area (TPSA) is 67.1 Å². The van der Waals surface area contributed by atoms with Gasteiger partial charge in [0.1, 0.15) is 11.4 Å². The van der Waals surface area contributed by atoms with Crippen molar-refractivity contribution in [3.05, 3.63) is 70.1 Å². The van der Waals surface area contributed by atoms with E-state index in [0.717, 1.165) is 23.0 Å². The van der Waals surface area contributed by atoms with Crippen molar-refractivity contribution in [2.24, 2.45) is 5.10 Å². The highest BCUT2D eigenvalue weighted by Crippen LogP contribution is 2.44. The summed E-state index contributed by atoms with van der Waals surface area (Å²) in [5, 5.41) is 8.06. The van der Waals surface area contributed by atoms with Gasteiger partial charge in [-0.05, 0) is 31.2 Å². The number of likely N-dealkylation sites (tertiary alicyclic amines) is 1. The van der Waals surface area contributed by atoms with Crippen LogP contribution in [0, 0.1) is 5.82 Å². The van der Waals surface area contributed by atoms with Crippen LogP contribution in [0.3, 0.4) is 0 Å². The summed E-state index contributed by atoms with van der Waals surface area (Å²) >= 11 is 6.31. The van der Waals surface area contributed by atoms with E-state index in [0.29, 0.717) is 54.7 Å². The van der Waals surface area contributed by atoms with Crippen LogP contribution in [-0.4, -0.2) is 58.2 Å². The highest BCUT2D eigenvalue weighted by atomic mass is 35.5. The minimum absolute atomic E-state index is 0.0709. The summed E-state index contributed by atoms with van der Waals surface area (Å²) in [6.45, 7) is 3.58. The Morgan fingerprint density at radius 3 is 2.72 bits per heavy atom. The largest absolute Gasteiger partial charge is 0.450 e. The van der Waals surface area contributed by atoms with Crippen LogP contribution in [0.15, 0.2) is 47.7 Å². The fourth-order valence-electron chi connectivity index (χ4n) is 5.68. The third kappa shape index (κ3) is 3.66. The first kappa shape index (κ1) is 23.0. The second kappa shape index (κ2) is 8.34. The molecule has 7 nitrogen and oxygen atoms in total. The van der Waals surface area contributed by atoms with Gasteiger partial charge < -0.3 is 14.2 Å². The van der Waals surface area contributed by atoms with Gasteiger partial charge in [0.05, 0.1) is 28.9 Å². The van der Waals surface area contributed by atoms with E-state index in [-0.39, 0.29) is 11.5 Å². The zero-order valence-corrected chi connectivity index (χ0v) is 20.9. The van der Waals surface area contributed by atoms with Gasteiger partial charge in [0.2, 0.25) is 0 Å². The molecule has 0 radical (unpaired) electrons. The molecular formula is C27H26ClFN4O3. The molecule has 1 amide bonds. The second-order valence-corrected chi connectivity index (χ2v) is 10.4. The van der Waals surface area contributed by atoms with Gasteiger partial charge in [-0.25, -0.2) is 9.18 Å². The number of hydrogen-bond acceptors (Lipinski definition) is 5. The van der Waals surface area contributed by atoms with Crippen molar-refractivity contribution in [2.45, 2.75) is 44.4 Å². The highest BCUT2D eigenvalue weighted by Gasteiger charge is 2.48. The fourth-order valence-corrected chi connectivity index (χ4v) is 5.84. The van der Waals surface area contributed by atoms with E-state index in [4.69, 9.17) is 16.3 Å². The number of hydrazone groups is 1. The molecule has 36 heavy (non-hydrogen) atoms. The summed E-state index contributed by atoms with van der Waals surface area (Å²) in [4.78, 5) is 27.9. The van der Waals surface area contributed by atoms with Gasteiger partial charge >= 0.3 is 5.97 Å². The lowest BCUT2D eigenvalue weighted by molar-refractivity contribution is -0.0389. The number of nitrogens with zero attached hydrogens (tertiary/aromatic N) is 4. The quantitative estimate of drug-likeness (QED) is 0.476. The fraction of sp³-hybridized carbons (Fsp3) is 0.370. The smallest absolute Gasteiger partial charge is 0.339 e. The molecule has 3 aromatic rings. The standard InChI is InChI=1S/C27H26ClFN4O3/c1-16-11-19(30-31(16)2)14-33-15-22(20-5-3-17(28)12-24(20)33)25(34)32-9-7-27(8-10-32)23-6-4-18(29)13-21(23)26(35)36-27/h3-6,12-13,15-16H,7-11,14H2,1-2H3. The summed E-state index contributed by atoms with van der Waals surface area (Å²) in [7, 11) is 1.97. The van der Waals surface area contributed by atoms with Crippen molar-refractivity contribution in [2.75, 3.05) is 20.1 Å². The van der Waals surface area contributed by atoms with Gasteiger partial charge in [-0.15, -0.1) is 0 Å². The molecule has 2 aromatic carbocycles. The number of carbonyl (C=O) groups is 2. The number of aromatic nitrogens is 1. The van der Waals surface area contributed by atoms with Gasteiger partial charge in [0.15, 0.2) is 0 Å². The van der Waals surface area contributed by atoms with Gasteiger partial charge in [-0.3, -0.25) is 9.80 Å². The maximum atomic E-state index is 13.7. The van der Waals surface area contributed by atoms with E-state index in [1.165, 1.54) is 12.1 Å². The van der Waals surface area contributed by atoms with Crippen LogP contribution in [-0.2, 0) is 16.9 Å². The van der Waals surface area contributed by atoms with Crippen molar-refractivity contribution in [1.29, 1.82) is 0 Å². The monoisotopic (exact) mass is 508 g/mol. The molecule has 1 saturated heterocycles. The molecule has 6 rings (SSSR count). The predicted molar refractivity (Wildman–Crippen MR) is 135 cm³/mol. The third-order valence-electron chi connectivity index (χ3n) is 7.73. The van der Waals surface area contributed by atoms with Crippen LogP contribution in [0.5, 0.6) is 0 Å². The molecule has 1 spiro atoms. The molecule has 0 N–H and O–H groups in total. The van der Waals surface area contributed by atoms with Gasteiger partial charge in [-0.2, -0.15) is 5.10 Å². The number of ether oxygens (including phenoxy) is 1. The number of halogens is 2. The van der Waals surface area contributed by atoms with E-state index < -0.39 is 17.4 Å². The van der Waals surface area contributed by atoms with E-state index in [1.807, 2.05) is 35.0 Å². The zero-order chi connectivity index (χ0) is 25.2. The first-order valence-electron chi connectivity index (χ1n) is 12.1. The molecule has 3 aliphatic rings. The molecule has 3 aliphatic heterocycles. The van der Waals surface area contributed by atoms with Crippen LogP contribution in [0.4, 0.5) is 4.39 Å². The van der Waals surface area contributed by atoms with Crippen molar-refractivity contribution in [3.63, 3.8) is 0 Å². The summed E-state index contributed by atoms with van der Waals surface area (Å²) in [5.74, 6) is -1.03. The minimum Gasteiger partial charge on any atom is -0.450 e. The van der Waals surface area contributed by atoms with E-state index in [2.05, 4.69) is 12.0 Å². The Bertz CT molecular complexity index is 1440. The Morgan fingerprint density at radius 1 is 1.22 bits per heavy atom. The number of esters is 1. The zero-order valence-electron chi connectivity index (χ0n) is 20.1. The van der Waals surface area contributed by atoms with Crippen LogP contribution >= 0.6 is 11.6 Å². The molecule has 1 atom stereocenters. The van der Waals surface area contributed by atoms with Crippen LogP contribution in [0.2, 0.25) is 5.02 Å². The van der Waals surface area contributed by atoms with Crippen molar-refractivity contribution in [1.82, 2.24) is 14.5 Å². The molecule has 0 aliphatic carbocycles. The van der Waals surface area contributed by atoms with Crippen LogP contribution in [0.25, 0.3) is 10.9 Å². The number of benzene rings is 2. The second-order valence-electron chi connectivity index (χ2n) is 9.99. The van der Waals surface area contributed by atoms with Crippen molar-refractivity contribution in [3.8, 4) is 0 Å². The Hall–Kier alpha value is -3.39. The summed E-state index contributed by atoms with van der Waals surface area (Å²) in [5.41, 5.74) is 2.75. The van der Waals surface area contributed by atoms with Gasteiger partial charge in [0, 0.05) is 67.6 Å². The molecule has 1 fully saturated rings. The number of amides is 1. The maximum Gasteiger partial charge on any atom is 0.339 e. The third-order valence-corrected chi connectivity index (χ3v) is 7.97. The van der Waals surface area contributed by atoms with E-state index in [1.54, 1.807) is 17.0 Å². The molecule has 9 heteroatoms. The summed E-state index contributed by atoms with van der Waals surface area (Å²) < 4.78 is 21.5. The number of piperidine rings is 1. The summed E-state index contributed by atoms with van der Waals surface area (Å²) in [6.07, 6.45) is 3.70. The molecule has 186 valence electrons. The first-order valence-corrected chi connectivity index (χ1v) is 12.5. The number of carbonyl (C=O) groups excluding carboxylic acids is 2. The molecule has 1 aromatic heterocycles. The first-order chi connectivity index (χ1) is 17.2. The number of fused-ring (bicyclic) bond motifs is 3. The maximum absolute atomic E-state index is 13.7. The van der Waals surface area contributed by atoms with E-state index >= 15 is 0 Å². The lowest BCUT2D eigenvalue weighted by atomic mass is 9.83. The van der Waals surface area contributed by atoms with Crippen LogP contribution < -0.4 is 0 Å². The molecule has 0 saturated carbocycles. The average molecular weight is 509 g/mol. The van der Waals surface area contributed by atoms with Crippen molar-refractivity contribution < 1.29 is 18.7 Å². The predicted octanol–water partition coefficient (Wildman–Crippen LogP) is 4.82. The molecular weight excluding hydrogens is 483 g/mol. The summed E-state index contributed by atoms with van der Waals surface area (Å²) in [6, 6.07) is 10.1. The molecule has 4 heterocycles. The number of hydrogen-bond donors (Lipinski definition) is 0. The van der Waals surface area contributed by atoms with Gasteiger partial charge in [-0.1, -0.05) is 23.7 Å². The van der Waals surface area contributed by atoms with Crippen molar-refractivity contribution >= 4 is 40.1 Å². The Kier molecular flexibility index (Phi) is 5.33. The Morgan fingerprint density at radius 2 is 2.00 bits per heavy atom. The SMILES string of the molecule is CC1CC(Cn2cc(C(=O)N3CCC4(CC3)OC(=O)c3cc(F)ccc34)c3ccc(Cl)cc32)=NN1C. The Labute approximate surface area is 213 Å². The highest BCUT2D eigenvalue weighted by molar-refractivity contribution is 6.31. The van der Waals surface area contributed by atoms with E-state index in [9.17, 15) is 14.0 Å². The molecule has 1 unspecified atom stereocenters.